The molecule has 1 spiro atoms. The Kier molecular flexibility index (Phi) is 3.71. The number of imide groups is 1. The van der Waals surface area contributed by atoms with Gasteiger partial charge in [0.15, 0.2) is 0 Å². The number of carbonyl (C=O) groups excluding carboxylic acids is 3. The molecule has 2 aliphatic rings. The van der Waals surface area contributed by atoms with Crippen LogP contribution in [0.4, 0.5) is 4.79 Å². The third-order valence-corrected chi connectivity index (χ3v) is 5.03. The van der Waals surface area contributed by atoms with E-state index in [0.717, 1.165) is 10.1 Å². The summed E-state index contributed by atoms with van der Waals surface area (Å²) in [6, 6.07) is 6.58. The van der Waals surface area contributed by atoms with Crippen molar-refractivity contribution in [3.8, 4) is 0 Å². The zero-order chi connectivity index (χ0) is 18.3. The predicted octanol–water partition coefficient (Wildman–Crippen LogP) is -0.403. The van der Waals surface area contributed by atoms with Crippen molar-refractivity contribution in [3.05, 3.63) is 40.8 Å². The van der Waals surface area contributed by atoms with E-state index in [2.05, 4.69) is 15.7 Å². The van der Waals surface area contributed by atoms with Gasteiger partial charge < -0.3 is 10.2 Å². The quantitative estimate of drug-likeness (QED) is 0.712. The summed E-state index contributed by atoms with van der Waals surface area (Å²) in [7, 11) is 0. The van der Waals surface area contributed by atoms with Crippen molar-refractivity contribution in [2.75, 3.05) is 13.1 Å². The number of piperidine rings is 1. The lowest BCUT2D eigenvalue weighted by Crippen LogP contribution is -2.56. The van der Waals surface area contributed by atoms with Gasteiger partial charge in [-0.05, 0) is 18.9 Å². The van der Waals surface area contributed by atoms with Crippen molar-refractivity contribution in [1.29, 1.82) is 0 Å². The van der Waals surface area contributed by atoms with E-state index in [0.29, 0.717) is 31.3 Å². The number of fused-ring (bicyclic) bond motifs is 1. The Morgan fingerprint density at radius 3 is 2.58 bits per heavy atom. The second-order valence-corrected chi connectivity index (χ2v) is 6.57. The largest absolute Gasteiger partial charge is 0.341 e. The molecule has 0 aliphatic carbocycles. The number of aromatic nitrogens is 2. The van der Waals surface area contributed by atoms with E-state index >= 15 is 0 Å². The normalized spacial score (nSPS) is 18.8. The molecule has 0 atom stereocenters. The molecule has 9 nitrogen and oxygen atoms in total. The van der Waals surface area contributed by atoms with Crippen LogP contribution >= 0.6 is 0 Å². The van der Waals surface area contributed by atoms with Crippen LogP contribution in [-0.2, 0) is 16.1 Å². The average Bonchev–Trinajstić information content (AvgIpc) is 2.91. The summed E-state index contributed by atoms with van der Waals surface area (Å²) >= 11 is 0. The first kappa shape index (κ1) is 16.2. The second kappa shape index (κ2) is 5.94. The average molecular weight is 355 g/mol. The fraction of sp³-hybridized carbons (Fsp3) is 0.353. The van der Waals surface area contributed by atoms with Gasteiger partial charge in [-0.25, -0.2) is 9.48 Å². The minimum atomic E-state index is -0.925. The number of likely N-dealkylation sites (tertiary alicyclic amines) is 1. The van der Waals surface area contributed by atoms with Crippen molar-refractivity contribution in [3.63, 3.8) is 0 Å². The number of urea groups is 1. The molecule has 2 aliphatic heterocycles. The number of amides is 4. The summed E-state index contributed by atoms with van der Waals surface area (Å²) in [6.07, 6.45) is 2.25. The van der Waals surface area contributed by atoms with E-state index in [4.69, 9.17) is 0 Å². The van der Waals surface area contributed by atoms with Gasteiger partial charge in [-0.1, -0.05) is 18.2 Å². The molecule has 2 N–H and O–H groups in total. The Hall–Kier alpha value is -3.23. The first-order valence-corrected chi connectivity index (χ1v) is 8.35. The van der Waals surface area contributed by atoms with E-state index in [1.54, 1.807) is 29.3 Å². The molecule has 1 aromatic carbocycles. The molecule has 9 heteroatoms. The lowest BCUT2D eigenvalue weighted by molar-refractivity contribution is -0.136. The van der Waals surface area contributed by atoms with Gasteiger partial charge >= 0.3 is 6.03 Å². The summed E-state index contributed by atoms with van der Waals surface area (Å²) in [5.41, 5.74) is -1.24. The van der Waals surface area contributed by atoms with E-state index < -0.39 is 11.6 Å². The molecule has 2 aromatic rings. The molecule has 4 amide bonds. The Labute approximate surface area is 148 Å². The molecule has 0 bridgehead atoms. The Bertz CT molecular complexity index is 975. The van der Waals surface area contributed by atoms with Gasteiger partial charge in [0.1, 0.15) is 12.1 Å². The van der Waals surface area contributed by atoms with Gasteiger partial charge in [0, 0.05) is 18.5 Å². The van der Waals surface area contributed by atoms with Crippen LogP contribution in [0.15, 0.2) is 35.3 Å². The first-order chi connectivity index (χ1) is 12.5. The van der Waals surface area contributed by atoms with Gasteiger partial charge in [-0.2, -0.15) is 5.10 Å². The van der Waals surface area contributed by atoms with Gasteiger partial charge in [-0.15, -0.1) is 0 Å². The van der Waals surface area contributed by atoms with E-state index in [-0.39, 0.29) is 23.9 Å². The first-order valence-electron chi connectivity index (χ1n) is 8.35. The number of rotatable bonds is 2. The molecule has 0 radical (unpaired) electrons. The zero-order valence-corrected chi connectivity index (χ0v) is 13.9. The number of nitrogens with zero attached hydrogens (tertiary/aromatic N) is 3. The Morgan fingerprint density at radius 1 is 1.15 bits per heavy atom. The van der Waals surface area contributed by atoms with Crippen molar-refractivity contribution >= 4 is 28.6 Å². The Morgan fingerprint density at radius 2 is 1.88 bits per heavy atom. The van der Waals surface area contributed by atoms with E-state index in [1.165, 1.54) is 0 Å². The van der Waals surface area contributed by atoms with Crippen LogP contribution in [0, 0.1) is 0 Å². The highest BCUT2D eigenvalue weighted by Gasteiger charge is 2.48. The number of hydrogen-bond acceptors (Lipinski definition) is 5. The van der Waals surface area contributed by atoms with Crippen molar-refractivity contribution in [2.24, 2.45) is 0 Å². The highest BCUT2D eigenvalue weighted by atomic mass is 16.2. The van der Waals surface area contributed by atoms with Crippen LogP contribution in [0.5, 0.6) is 0 Å². The molecule has 26 heavy (non-hydrogen) atoms. The third-order valence-electron chi connectivity index (χ3n) is 5.03. The lowest BCUT2D eigenvalue weighted by atomic mass is 9.88. The number of hydrogen-bond donors (Lipinski definition) is 2. The molecule has 0 unspecified atom stereocenters. The number of carbonyl (C=O) groups is 3. The van der Waals surface area contributed by atoms with Crippen molar-refractivity contribution in [1.82, 2.24) is 25.3 Å². The highest BCUT2D eigenvalue weighted by molar-refractivity contribution is 6.07. The van der Waals surface area contributed by atoms with Gasteiger partial charge in [-0.3, -0.25) is 19.7 Å². The molecular formula is C17H17N5O4. The standard InChI is InChI=1S/C17H17N5O4/c23-13(10-22-14(24)12-4-2-1-3-11(12)9-18-22)21-7-5-17(6-8-21)15(25)19-16(26)20-17/h1-4,9H,5-8,10H2,(H2,19,20,25,26). The number of nitrogens with one attached hydrogen (secondary N) is 2. The van der Waals surface area contributed by atoms with E-state index in [1.807, 2.05) is 6.07 Å². The van der Waals surface area contributed by atoms with Gasteiger partial charge in [0.05, 0.1) is 11.6 Å². The maximum atomic E-state index is 12.5. The van der Waals surface area contributed by atoms with Crippen LogP contribution < -0.4 is 16.2 Å². The molecule has 2 fully saturated rings. The molecule has 134 valence electrons. The van der Waals surface area contributed by atoms with Crippen molar-refractivity contribution < 1.29 is 14.4 Å². The van der Waals surface area contributed by atoms with Crippen molar-refractivity contribution in [2.45, 2.75) is 24.9 Å². The summed E-state index contributed by atoms with van der Waals surface area (Å²) in [5, 5.41) is 10.2. The third kappa shape index (κ3) is 2.61. The van der Waals surface area contributed by atoms with E-state index in [9.17, 15) is 19.2 Å². The molecule has 0 saturated carbocycles. The van der Waals surface area contributed by atoms with Gasteiger partial charge in [0.2, 0.25) is 5.91 Å². The molecule has 1 aromatic heterocycles. The predicted molar refractivity (Wildman–Crippen MR) is 91.2 cm³/mol. The smallest absolute Gasteiger partial charge is 0.322 e. The fourth-order valence-corrected chi connectivity index (χ4v) is 3.49. The maximum absolute atomic E-state index is 12.5. The second-order valence-electron chi connectivity index (χ2n) is 6.57. The number of benzene rings is 1. The topological polar surface area (TPSA) is 113 Å². The van der Waals surface area contributed by atoms with Crippen LogP contribution in [0.1, 0.15) is 12.8 Å². The maximum Gasteiger partial charge on any atom is 0.322 e. The molecular weight excluding hydrogens is 338 g/mol. The lowest BCUT2D eigenvalue weighted by Gasteiger charge is -2.36. The molecule has 4 rings (SSSR count). The summed E-state index contributed by atoms with van der Waals surface area (Å²) < 4.78 is 1.15. The zero-order valence-electron chi connectivity index (χ0n) is 13.9. The SMILES string of the molecule is O=C1NC(=O)C2(CCN(C(=O)Cn3ncc4ccccc4c3=O)CC2)N1. The Balaban J connectivity index is 1.47. The summed E-state index contributed by atoms with van der Waals surface area (Å²) in [5.74, 6) is -0.587. The van der Waals surface area contributed by atoms with Crippen LogP contribution in [0.2, 0.25) is 0 Å². The highest BCUT2D eigenvalue weighted by Crippen LogP contribution is 2.25. The van der Waals surface area contributed by atoms with Crippen LogP contribution in [0.25, 0.3) is 10.8 Å². The minimum absolute atomic E-state index is 0.158. The fourth-order valence-electron chi connectivity index (χ4n) is 3.49. The van der Waals surface area contributed by atoms with Crippen LogP contribution in [-0.4, -0.2) is 51.2 Å². The monoisotopic (exact) mass is 355 g/mol. The molecule has 3 heterocycles. The summed E-state index contributed by atoms with van der Waals surface area (Å²) in [6.45, 7) is 0.499. The van der Waals surface area contributed by atoms with Gasteiger partial charge in [0.25, 0.3) is 11.5 Å². The molecule has 2 saturated heterocycles. The minimum Gasteiger partial charge on any atom is -0.341 e. The van der Waals surface area contributed by atoms with Crippen LogP contribution in [0.3, 0.4) is 0 Å². The summed E-state index contributed by atoms with van der Waals surface area (Å²) in [4.78, 5) is 49.9.